The summed E-state index contributed by atoms with van der Waals surface area (Å²) in [4.78, 5) is 10.7. The van der Waals surface area contributed by atoms with Gasteiger partial charge in [0.1, 0.15) is 0 Å². The van der Waals surface area contributed by atoms with Crippen LogP contribution in [0, 0.1) is 11.8 Å². The van der Waals surface area contributed by atoms with E-state index in [1.807, 2.05) is 6.92 Å². The van der Waals surface area contributed by atoms with Crippen molar-refractivity contribution in [2.45, 2.75) is 51.3 Å². The minimum Gasteiger partial charge on any atom is -0.480 e. The molecule has 1 fully saturated rings. The quantitative estimate of drug-likeness (QED) is 0.798. The number of rotatable bonds is 4. The molecule has 0 bridgehead atoms. The summed E-state index contributed by atoms with van der Waals surface area (Å²) < 4.78 is 26.1. The number of carboxylic acids is 1. The average Bonchev–Trinajstić information content (AvgIpc) is 2.21. The topological polar surface area (TPSA) is 83.5 Å². The number of carboxylic acid groups (broad SMARTS) is 1. The van der Waals surface area contributed by atoms with Crippen molar-refractivity contribution < 1.29 is 18.3 Å². The Morgan fingerprint density at radius 2 is 1.94 bits per heavy atom. The van der Waals surface area contributed by atoms with Crippen LogP contribution in [0.3, 0.4) is 0 Å². The Kier molecular flexibility index (Phi) is 4.55. The van der Waals surface area contributed by atoms with Crippen LogP contribution in [0.2, 0.25) is 0 Å². The first-order valence-electron chi connectivity index (χ1n) is 5.98. The van der Waals surface area contributed by atoms with Gasteiger partial charge in [0.25, 0.3) is 0 Å². The van der Waals surface area contributed by atoms with Gasteiger partial charge in [-0.05, 0) is 38.0 Å². The lowest BCUT2D eigenvalue weighted by Gasteiger charge is -2.33. The third-order valence-electron chi connectivity index (χ3n) is 3.56. The second-order valence-electron chi connectivity index (χ2n) is 5.15. The van der Waals surface area contributed by atoms with Crippen molar-refractivity contribution in [2.75, 3.05) is 0 Å². The van der Waals surface area contributed by atoms with Gasteiger partial charge in [-0.2, -0.15) is 0 Å². The third-order valence-corrected chi connectivity index (χ3v) is 5.32. The van der Waals surface area contributed by atoms with Crippen LogP contribution in [0.15, 0.2) is 0 Å². The van der Waals surface area contributed by atoms with Crippen molar-refractivity contribution in [1.82, 2.24) is 4.72 Å². The minimum atomic E-state index is -3.76. The summed E-state index contributed by atoms with van der Waals surface area (Å²) in [6, 6.07) is -0.127. The zero-order valence-electron chi connectivity index (χ0n) is 10.5. The molecule has 1 saturated carbocycles. The first kappa shape index (κ1) is 14.4. The first-order valence-corrected chi connectivity index (χ1v) is 7.52. The van der Waals surface area contributed by atoms with E-state index in [2.05, 4.69) is 11.6 Å². The highest BCUT2D eigenvalue weighted by atomic mass is 32.2. The predicted molar refractivity (Wildman–Crippen MR) is 65.1 cm³/mol. The summed E-state index contributed by atoms with van der Waals surface area (Å²) >= 11 is 0. The second kappa shape index (κ2) is 5.35. The molecular formula is C11H21NO4S. The maximum atomic E-state index is 11.8. The molecule has 5 nitrogen and oxygen atoms in total. The SMILES string of the molecule is CC1CCC(NS(=O)(=O)C(C)C(=O)O)C(C)C1. The van der Waals surface area contributed by atoms with Crippen LogP contribution in [0.4, 0.5) is 0 Å². The fraction of sp³-hybridized carbons (Fsp3) is 0.909. The summed E-state index contributed by atoms with van der Waals surface area (Å²) in [6.45, 7) is 5.36. The maximum absolute atomic E-state index is 11.8. The Bertz CT molecular complexity index is 379. The van der Waals surface area contributed by atoms with E-state index in [0.29, 0.717) is 5.92 Å². The largest absolute Gasteiger partial charge is 0.480 e. The maximum Gasteiger partial charge on any atom is 0.323 e. The summed E-state index contributed by atoms with van der Waals surface area (Å²) in [7, 11) is -3.76. The zero-order valence-corrected chi connectivity index (χ0v) is 11.3. The first-order chi connectivity index (χ1) is 7.74. The molecule has 4 atom stereocenters. The standard InChI is InChI=1S/C11H21NO4S/c1-7-4-5-10(8(2)6-7)12-17(15,16)9(3)11(13)14/h7-10,12H,4-6H2,1-3H3,(H,13,14). The number of carbonyl (C=O) groups is 1. The number of sulfonamides is 1. The van der Waals surface area contributed by atoms with Crippen LogP contribution in [-0.2, 0) is 14.8 Å². The van der Waals surface area contributed by atoms with Gasteiger partial charge in [0.05, 0.1) is 0 Å². The van der Waals surface area contributed by atoms with Gasteiger partial charge in [-0.25, -0.2) is 13.1 Å². The number of hydrogen-bond donors (Lipinski definition) is 2. The highest BCUT2D eigenvalue weighted by molar-refractivity contribution is 7.90. The molecule has 0 saturated heterocycles. The van der Waals surface area contributed by atoms with E-state index in [1.165, 1.54) is 6.92 Å². The lowest BCUT2D eigenvalue weighted by molar-refractivity contribution is -0.136. The molecular weight excluding hydrogens is 242 g/mol. The van der Waals surface area contributed by atoms with E-state index in [1.54, 1.807) is 0 Å². The van der Waals surface area contributed by atoms with Gasteiger partial charge in [-0.3, -0.25) is 4.79 Å². The molecule has 100 valence electrons. The Hall–Kier alpha value is -0.620. The molecule has 0 spiro atoms. The summed E-state index contributed by atoms with van der Waals surface area (Å²) in [6.07, 6.45) is 2.75. The lowest BCUT2D eigenvalue weighted by atomic mass is 9.80. The molecule has 6 heteroatoms. The molecule has 0 aliphatic heterocycles. The molecule has 0 aromatic carbocycles. The number of aliphatic carboxylic acids is 1. The lowest BCUT2D eigenvalue weighted by Crippen LogP contribution is -2.47. The molecule has 2 N–H and O–H groups in total. The van der Waals surface area contributed by atoms with Crippen LogP contribution in [0.5, 0.6) is 0 Å². The smallest absolute Gasteiger partial charge is 0.323 e. The van der Waals surface area contributed by atoms with E-state index in [9.17, 15) is 13.2 Å². The van der Waals surface area contributed by atoms with Gasteiger partial charge < -0.3 is 5.11 Å². The van der Waals surface area contributed by atoms with Crippen molar-refractivity contribution in [2.24, 2.45) is 11.8 Å². The van der Waals surface area contributed by atoms with Crippen LogP contribution in [0.1, 0.15) is 40.0 Å². The van der Waals surface area contributed by atoms with E-state index < -0.39 is 21.2 Å². The van der Waals surface area contributed by atoms with Crippen molar-refractivity contribution >= 4 is 16.0 Å². The van der Waals surface area contributed by atoms with Gasteiger partial charge in [-0.1, -0.05) is 13.8 Å². The van der Waals surface area contributed by atoms with Gasteiger partial charge in [0.2, 0.25) is 10.0 Å². The molecule has 1 rings (SSSR count). The normalized spacial score (nSPS) is 32.1. The fourth-order valence-electron chi connectivity index (χ4n) is 2.29. The van der Waals surface area contributed by atoms with Gasteiger partial charge in [-0.15, -0.1) is 0 Å². The fourth-order valence-corrected chi connectivity index (χ4v) is 3.53. The number of nitrogens with one attached hydrogen (secondary N) is 1. The van der Waals surface area contributed by atoms with E-state index in [-0.39, 0.29) is 12.0 Å². The van der Waals surface area contributed by atoms with E-state index in [4.69, 9.17) is 5.11 Å². The molecule has 0 amide bonds. The average molecular weight is 263 g/mol. The van der Waals surface area contributed by atoms with Crippen molar-refractivity contribution in [1.29, 1.82) is 0 Å². The van der Waals surface area contributed by atoms with Gasteiger partial charge in [0.15, 0.2) is 5.25 Å². The van der Waals surface area contributed by atoms with E-state index >= 15 is 0 Å². The summed E-state index contributed by atoms with van der Waals surface area (Å²) in [5.41, 5.74) is 0. The minimum absolute atomic E-state index is 0.127. The Morgan fingerprint density at radius 3 is 2.41 bits per heavy atom. The molecule has 4 unspecified atom stereocenters. The Labute approximate surface area is 103 Å². The number of hydrogen-bond acceptors (Lipinski definition) is 3. The highest BCUT2D eigenvalue weighted by Gasteiger charge is 2.33. The van der Waals surface area contributed by atoms with Crippen LogP contribution >= 0.6 is 0 Å². The molecule has 0 aromatic heterocycles. The van der Waals surface area contributed by atoms with Crippen molar-refractivity contribution in [3.05, 3.63) is 0 Å². The molecule has 1 aliphatic carbocycles. The summed E-state index contributed by atoms with van der Waals surface area (Å²) in [5, 5.41) is 7.34. The molecule has 0 heterocycles. The highest BCUT2D eigenvalue weighted by Crippen LogP contribution is 2.29. The zero-order chi connectivity index (χ0) is 13.2. The molecule has 0 radical (unpaired) electrons. The molecule has 0 aromatic rings. The van der Waals surface area contributed by atoms with E-state index in [0.717, 1.165) is 19.3 Å². The third kappa shape index (κ3) is 3.67. The van der Waals surface area contributed by atoms with Gasteiger partial charge >= 0.3 is 5.97 Å². The summed E-state index contributed by atoms with van der Waals surface area (Å²) in [5.74, 6) is -0.438. The van der Waals surface area contributed by atoms with Crippen LogP contribution < -0.4 is 4.72 Å². The van der Waals surface area contributed by atoms with Crippen molar-refractivity contribution in [3.8, 4) is 0 Å². The molecule has 17 heavy (non-hydrogen) atoms. The van der Waals surface area contributed by atoms with Crippen LogP contribution in [-0.4, -0.2) is 30.8 Å². The van der Waals surface area contributed by atoms with Crippen molar-refractivity contribution in [3.63, 3.8) is 0 Å². The monoisotopic (exact) mass is 263 g/mol. The second-order valence-corrected chi connectivity index (χ2v) is 7.18. The predicted octanol–water partition coefficient (Wildman–Crippen LogP) is 1.20. The molecule has 1 aliphatic rings. The van der Waals surface area contributed by atoms with Crippen LogP contribution in [0.25, 0.3) is 0 Å². The van der Waals surface area contributed by atoms with Gasteiger partial charge in [0, 0.05) is 6.04 Å². The Balaban J connectivity index is 2.68. The Morgan fingerprint density at radius 1 is 1.35 bits per heavy atom.